The molecule has 2 rings (SSSR count). The summed E-state index contributed by atoms with van der Waals surface area (Å²) >= 11 is 3.35. The first-order chi connectivity index (χ1) is 10.2. The molecule has 1 aromatic heterocycles. The zero-order valence-electron chi connectivity index (χ0n) is 12.3. The van der Waals surface area contributed by atoms with E-state index in [1.54, 1.807) is 12.4 Å². The number of aryl methyl sites for hydroxylation is 1. The Morgan fingerprint density at radius 3 is 2.90 bits per heavy atom. The molecule has 2 aromatic rings. The van der Waals surface area contributed by atoms with Crippen molar-refractivity contribution in [2.75, 3.05) is 6.54 Å². The monoisotopic (exact) mass is 354 g/mol. The quantitative estimate of drug-likeness (QED) is 0.827. The minimum Gasteiger partial charge on any atom is -0.310 e. The zero-order chi connectivity index (χ0) is 15.2. The molecule has 0 aliphatic rings. The van der Waals surface area contributed by atoms with Crippen LogP contribution >= 0.6 is 15.9 Å². The van der Waals surface area contributed by atoms with Crippen LogP contribution in [0, 0.1) is 5.82 Å². The number of benzene rings is 1. The fourth-order valence-corrected chi connectivity index (χ4v) is 2.83. The van der Waals surface area contributed by atoms with E-state index in [2.05, 4.69) is 38.3 Å². The van der Waals surface area contributed by atoms with Gasteiger partial charge in [0, 0.05) is 19.0 Å². The first-order valence-electron chi connectivity index (χ1n) is 7.21. The van der Waals surface area contributed by atoms with Crippen molar-refractivity contribution in [1.82, 2.24) is 20.1 Å². The highest BCUT2D eigenvalue weighted by atomic mass is 79.9. The van der Waals surface area contributed by atoms with Crippen LogP contribution in [0.25, 0.3) is 0 Å². The van der Waals surface area contributed by atoms with Crippen LogP contribution in [0.1, 0.15) is 37.7 Å². The van der Waals surface area contributed by atoms with Crippen LogP contribution < -0.4 is 5.32 Å². The topological polar surface area (TPSA) is 42.7 Å². The van der Waals surface area contributed by atoms with Crippen molar-refractivity contribution in [3.8, 4) is 0 Å². The summed E-state index contributed by atoms with van der Waals surface area (Å²) in [4.78, 5) is 4.32. The number of rotatable bonds is 7. The summed E-state index contributed by atoms with van der Waals surface area (Å²) in [5.74, 6) is 0.662. The lowest BCUT2D eigenvalue weighted by Gasteiger charge is -2.20. The maximum absolute atomic E-state index is 13.8. The van der Waals surface area contributed by atoms with Crippen molar-refractivity contribution in [2.45, 2.75) is 39.3 Å². The lowest BCUT2D eigenvalue weighted by molar-refractivity contribution is 0.491. The first-order valence-corrected chi connectivity index (χ1v) is 8.00. The summed E-state index contributed by atoms with van der Waals surface area (Å²) < 4.78 is 16.2. The van der Waals surface area contributed by atoms with Gasteiger partial charge in [-0.3, -0.25) is 4.68 Å². The van der Waals surface area contributed by atoms with E-state index in [9.17, 15) is 4.39 Å². The third-order valence-electron chi connectivity index (χ3n) is 3.38. The van der Waals surface area contributed by atoms with Gasteiger partial charge in [-0.25, -0.2) is 9.37 Å². The van der Waals surface area contributed by atoms with Gasteiger partial charge >= 0.3 is 0 Å². The van der Waals surface area contributed by atoms with Crippen LogP contribution in [0.15, 0.2) is 29.0 Å². The Kier molecular flexibility index (Phi) is 5.87. The average Bonchev–Trinajstić information content (AvgIpc) is 2.93. The molecule has 1 N–H and O–H groups in total. The van der Waals surface area contributed by atoms with Crippen molar-refractivity contribution in [2.24, 2.45) is 0 Å². The molecule has 4 nitrogen and oxygen atoms in total. The molecule has 1 atom stereocenters. The van der Waals surface area contributed by atoms with Crippen molar-refractivity contribution in [3.05, 3.63) is 46.2 Å². The molecule has 0 bridgehead atoms. The zero-order valence-corrected chi connectivity index (χ0v) is 13.9. The van der Waals surface area contributed by atoms with E-state index >= 15 is 0 Å². The fourth-order valence-electron chi connectivity index (χ4n) is 2.29. The molecule has 0 spiro atoms. The summed E-state index contributed by atoms with van der Waals surface area (Å²) in [5, 5.41) is 7.66. The van der Waals surface area contributed by atoms with E-state index in [0.29, 0.717) is 10.9 Å². The Labute approximate surface area is 132 Å². The van der Waals surface area contributed by atoms with Crippen LogP contribution in [0.3, 0.4) is 0 Å². The first kappa shape index (κ1) is 16.1. The van der Waals surface area contributed by atoms with Gasteiger partial charge in [-0.15, -0.1) is 0 Å². The van der Waals surface area contributed by atoms with E-state index < -0.39 is 0 Å². The third kappa shape index (κ3) is 3.89. The number of nitrogens with one attached hydrogen (secondary N) is 1. The lowest BCUT2D eigenvalue weighted by Crippen LogP contribution is -2.26. The van der Waals surface area contributed by atoms with Gasteiger partial charge in [-0.2, -0.15) is 5.10 Å². The molecule has 114 valence electrons. The molecule has 1 heterocycles. The minimum absolute atomic E-state index is 0.00419. The van der Waals surface area contributed by atoms with Crippen LogP contribution in [-0.4, -0.2) is 21.3 Å². The van der Waals surface area contributed by atoms with Crippen LogP contribution in [-0.2, 0) is 13.0 Å². The molecule has 0 fully saturated rings. The van der Waals surface area contributed by atoms with Crippen molar-refractivity contribution in [3.63, 3.8) is 0 Å². The van der Waals surface area contributed by atoms with Gasteiger partial charge in [0.15, 0.2) is 0 Å². The van der Waals surface area contributed by atoms with E-state index in [4.69, 9.17) is 0 Å². The Morgan fingerprint density at radius 1 is 1.38 bits per heavy atom. The second kappa shape index (κ2) is 7.66. The Bertz CT molecular complexity index is 585. The van der Waals surface area contributed by atoms with E-state index in [1.165, 1.54) is 6.07 Å². The molecular weight excluding hydrogens is 335 g/mol. The second-order valence-electron chi connectivity index (χ2n) is 4.85. The molecular formula is C15H20BrFN4. The van der Waals surface area contributed by atoms with Crippen molar-refractivity contribution >= 4 is 15.9 Å². The molecule has 0 saturated carbocycles. The third-order valence-corrected chi connectivity index (χ3v) is 4.22. The van der Waals surface area contributed by atoms with Gasteiger partial charge in [0.1, 0.15) is 18.0 Å². The van der Waals surface area contributed by atoms with Crippen molar-refractivity contribution < 1.29 is 4.39 Å². The number of hydrogen-bond acceptors (Lipinski definition) is 3. The maximum atomic E-state index is 13.8. The highest BCUT2D eigenvalue weighted by Crippen LogP contribution is 2.28. The maximum Gasteiger partial charge on any atom is 0.138 e. The smallest absolute Gasteiger partial charge is 0.138 e. The van der Waals surface area contributed by atoms with E-state index in [-0.39, 0.29) is 11.9 Å². The Morgan fingerprint density at radius 2 is 2.19 bits per heavy atom. The SMILES string of the molecule is CCCNC(Cc1ncnn1CC)c1cccc(F)c1Br. The number of nitrogens with zero attached hydrogens (tertiary/aromatic N) is 3. The summed E-state index contributed by atoms with van der Waals surface area (Å²) in [7, 11) is 0. The highest BCUT2D eigenvalue weighted by molar-refractivity contribution is 9.10. The molecule has 0 radical (unpaired) electrons. The molecule has 1 aromatic carbocycles. The second-order valence-corrected chi connectivity index (χ2v) is 5.64. The molecule has 0 saturated heterocycles. The van der Waals surface area contributed by atoms with Gasteiger partial charge < -0.3 is 5.32 Å². The summed E-state index contributed by atoms with van der Waals surface area (Å²) in [6, 6.07) is 5.14. The molecule has 0 aliphatic heterocycles. The predicted octanol–water partition coefficient (Wildman–Crippen LogP) is 3.48. The van der Waals surface area contributed by atoms with E-state index in [0.717, 1.165) is 30.9 Å². The van der Waals surface area contributed by atoms with E-state index in [1.807, 2.05) is 17.7 Å². The molecule has 0 aliphatic carbocycles. The van der Waals surface area contributed by atoms with Crippen LogP contribution in [0.4, 0.5) is 4.39 Å². The normalized spacial score (nSPS) is 12.6. The van der Waals surface area contributed by atoms with Crippen LogP contribution in [0.2, 0.25) is 0 Å². The fraction of sp³-hybridized carbons (Fsp3) is 0.467. The number of halogens is 2. The predicted molar refractivity (Wildman–Crippen MR) is 84.5 cm³/mol. The Hall–Kier alpha value is -1.27. The standard InChI is InChI=1S/C15H20BrFN4/c1-3-8-18-13(9-14-19-10-20-21(14)4-2)11-6-5-7-12(17)15(11)16/h5-7,10,13,18H,3-4,8-9H2,1-2H3. The molecule has 0 amide bonds. The Balaban J connectivity index is 2.28. The van der Waals surface area contributed by atoms with Gasteiger partial charge in [0.25, 0.3) is 0 Å². The van der Waals surface area contributed by atoms with Gasteiger partial charge in [-0.05, 0) is 47.4 Å². The van der Waals surface area contributed by atoms with Crippen LogP contribution in [0.5, 0.6) is 0 Å². The van der Waals surface area contributed by atoms with Gasteiger partial charge in [0.2, 0.25) is 0 Å². The average molecular weight is 355 g/mol. The number of hydrogen-bond donors (Lipinski definition) is 1. The van der Waals surface area contributed by atoms with Gasteiger partial charge in [0.05, 0.1) is 4.47 Å². The summed E-state index contributed by atoms with van der Waals surface area (Å²) in [6.07, 6.45) is 3.26. The molecule has 6 heteroatoms. The lowest BCUT2D eigenvalue weighted by atomic mass is 10.0. The minimum atomic E-state index is -0.243. The molecule has 21 heavy (non-hydrogen) atoms. The summed E-state index contributed by atoms with van der Waals surface area (Å²) in [5.41, 5.74) is 0.911. The number of aromatic nitrogens is 3. The summed E-state index contributed by atoms with van der Waals surface area (Å²) in [6.45, 7) is 5.79. The highest BCUT2D eigenvalue weighted by Gasteiger charge is 2.19. The van der Waals surface area contributed by atoms with Crippen molar-refractivity contribution in [1.29, 1.82) is 0 Å². The van der Waals surface area contributed by atoms with Gasteiger partial charge in [-0.1, -0.05) is 19.1 Å². The largest absolute Gasteiger partial charge is 0.310 e. The molecule has 1 unspecified atom stereocenters.